The highest BCUT2D eigenvalue weighted by atomic mass is 16.3. The molecule has 0 N–H and O–H groups in total. The lowest BCUT2D eigenvalue weighted by Gasteiger charge is -2.11. The van der Waals surface area contributed by atoms with Crippen molar-refractivity contribution in [2.45, 2.75) is 12.8 Å². The Morgan fingerprint density at radius 3 is 1.89 bits per heavy atom. The molecule has 1 aliphatic rings. The van der Waals surface area contributed by atoms with E-state index < -0.39 is 0 Å². The third-order valence-electron chi connectivity index (χ3n) is 11.0. The van der Waals surface area contributed by atoms with Crippen molar-refractivity contribution in [2.24, 2.45) is 0 Å². The van der Waals surface area contributed by atoms with Gasteiger partial charge in [0.1, 0.15) is 11.0 Å². The van der Waals surface area contributed by atoms with Gasteiger partial charge in [-0.25, -0.2) is 0 Å². The van der Waals surface area contributed by atoms with Crippen LogP contribution in [0.2, 0.25) is 0 Å². The summed E-state index contributed by atoms with van der Waals surface area (Å²) in [5.74, 6) is 0. The molecule has 0 bridgehead atoms. The number of allylic oxidation sites excluding steroid dienone is 2. The molecule has 1 aliphatic carbocycles. The average molecular weight is 679 g/mol. The number of aromatic nitrogens is 2. The Labute approximate surface area is 306 Å². The van der Waals surface area contributed by atoms with Crippen LogP contribution in [0.15, 0.2) is 174 Å². The second-order valence-corrected chi connectivity index (χ2v) is 14.1. The van der Waals surface area contributed by atoms with Crippen LogP contribution in [0.1, 0.15) is 23.1 Å². The summed E-state index contributed by atoms with van der Waals surface area (Å²) in [5, 5.41) is 7.44. The first kappa shape index (κ1) is 29.8. The number of rotatable bonds is 5. The smallest absolute Gasteiger partial charge is 0.135 e. The minimum atomic E-state index is 0.845. The Morgan fingerprint density at radius 2 is 1.08 bits per heavy atom. The van der Waals surface area contributed by atoms with Crippen molar-refractivity contribution in [2.75, 3.05) is 0 Å². The molecule has 0 saturated carbocycles. The van der Waals surface area contributed by atoms with Crippen LogP contribution >= 0.6 is 0 Å². The van der Waals surface area contributed by atoms with Crippen LogP contribution in [-0.2, 0) is 6.42 Å². The fourth-order valence-electron chi connectivity index (χ4n) is 8.57. The van der Waals surface area contributed by atoms with E-state index in [2.05, 4.69) is 179 Å². The summed E-state index contributed by atoms with van der Waals surface area (Å²) in [6.07, 6.45) is 8.37. The molecule has 0 fully saturated rings. The van der Waals surface area contributed by atoms with E-state index >= 15 is 0 Å². The molecule has 0 spiro atoms. The van der Waals surface area contributed by atoms with E-state index in [1.54, 1.807) is 0 Å². The van der Waals surface area contributed by atoms with Gasteiger partial charge in [0.15, 0.2) is 0 Å². The minimum absolute atomic E-state index is 0.845. The zero-order chi connectivity index (χ0) is 34.9. The monoisotopic (exact) mass is 678 g/mol. The normalized spacial score (nSPS) is 12.9. The number of benzene rings is 7. The van der Waals surface area contributed by atoms with Crippen molar-refractivity contribution in [3.63, 3.8) is 0 Å². The summed E-state index contributed by atoms with van der Waals surface area (Å²) in [5.41, 5.74) is 14.2. The van der Waals surface area contributed by atoms with Crippen molar-refractivity contribution in [3.8, 4) is 11.4 Å². The van der Waals surface area contributed by atoms with Gasteiger partial charge in [0, 0.05) is 43.5 Å². The van der Waals surface area contributed by atoms with Crippen LogP contribution in [0, 0.1) is 0 Å². The quantitative estimate of drug-likeness (QED) is 0.178. The molecular formula is C50H34N2O. The predicted molar refractivity (Wildman–Crippen MR) is 221 cm³/mol. The maximum Gasteiger partial charge on any atom is 0.135 e. The van der Waals surface area contributed by atoms with Crippen molar-refractivity contribution < 1.29 is 4.42 Å². The van der Waals surface area contributed by atoms with E-state index in [9.17, 15) is 0 Å². The molecule has 250 valence electrons. The molecule has 3 heterocycles. The van der Waals surface area contributed by atoms with Gasteiger partial charge in [-0.05, 0) is 108 Å². The van der Waals surface area contributed by atoms with Gasteiger partial charge in [0.2, 0.25) is 0 Å². The summed E-state index contributed by atoms with van der Waals surface area (Å²) in [6.45, 7) is 0. The van der Waals surface area contributed by atoms with E-state index in [-0.39, 0.29) is 0 Å². The van der Waals surface area contributed by atoms with Gasteiger partial charge in [-0.15, -0.1) is 0 Å². The Kier molecular flexibility index (Phi) is 6.68. The second-order valence-electron chi connectivity index (χ2n) is 14.1. The first-order valence-corrected chi connectivity index (χ1v) is 18.4. The van der Waals surface area contributed by atoms with Crippen LogP contribution in [-0.4, -0.2) is 9.13 Å². The van der Waals surface area contributed by atoms with Gasteiger partial charge in [-0.2, -0.15) is 0 Å². The Bertz CT molecular complexity index is 3230. The Hall–Kier alpha value is -6.84. The summed E-state index contributed by atoms with van der Waals surface area (Å²) >= 11 is 0. The predicted octanol–water partition coefficient (Wildman–Crippen LogP) is 11.3. The van der Waals surface area contributed by atoms with Crippen molar-refractivity contribution in [1.82, 2.24) is 9.13 Å². The summed E-state index contributed by atoms with van der Waals surface area (Å²) in [7, 11) is 0. The lowest BCUT2D eigenvalue weighted by molar-refractivity contribution is 0.576. The molecule has 10 aromatic rings. The molecule has 0 amide bonds. The van der Waals surface area contributed by atoms with Gasteiger partial charge in [0.05, 0.1) is 22.1 Å². The fraction of sp³-hybridized carbons (Fsp3) is 0.0400. The highest BCUT2D eigenvalue weighted by Crippen LogP contribution is 2.36. The van der Waals surface area contributed by atoms with Gasteiger partial charge in [-0.1, -0.05) is 109 Å². The molecule has 3 nitrogen and oxygen atoms in total. The number of furan rings is 1. The highest BCUT2D eigenvalue weighted by Gasteiger charge is 2.16. The minimum Gasteiger partial charge on any atom is -0.456 e. The van der Waals surface area contributed by atoms with Gasteiger partial charge < -0.3 is 13.6 Å². The third kappa shape index (κ3) is 4.82. The number of fused-ring (bicyclic) bond motifs is 9. The molecule has 0 unspecified atom stereocenters. The Morgan fingerprint density at radius 1 is 0.453 bits per heavy atom. The number of para-hydroxylation sites is 4. The maximum atomic E-state index is 6.20. The van der Waals surface area contributed by atoms with Crippen LogP contribution in [0.25, 0.3) is 83.7 Å². The summed E-state index contributed by atoms with van der Waals surface area (Å²) in [4.78, 5) is 0. The summed E-state index contributed by atoms with van der Waals surface area (Å²) in [6, 6.07) is 59.5. The molecule has 7 aromatic carbocycles. The van der Waals surface area contributed by atoms with E-state index in [4.69, 9.17) is 4.42 Å². The topological polar surface area (TPSA) is 23.0 Å². The highest BCUT2D eigenvalue weighted by molar-refractivity contribution is 6.11. The molecule has 53 heavy (non-hydrogen) atoms. The van der Waals surface area contributed by atoms with Gasteiger partial charge in [-0.3, -0.25) is 0 Å². The number of nitrogens with zero attached hydrogens (tertiary/aromatic N) is 2. The van der Waals surface area contributed by atoms with Crippen LogP contribution in [0.4, 0.5) is 0 Å². The van der Waals surface area contributed by atoms with Gasteiger partial charge >= 0.3 is 0 Å². The van der Waals surface area contributed by atoms with Crippen LogP contribution < -0.4 is 10.6 Å². The number of hydrogen-bond donors (Lipinski definition) is 0. The lowest BCUT2D eigenvalue weighted by Crippen LogP contribution is -2.18. The molecule has 0 aliphatic heterocycles. The molecule has 0 saturated heterocycles. The second kappa shape index (κ2) is 11.9. The standard InChI is InChI=1S/C50H34N2O/c1-2-12-37(13-3-1)51-45-18-7-4-15-39(45)43-31-34(21-26-47(43)51)29-33-11-10-14-38(30-33)52-46-19-8-5-16-40(46)44-32-36(23-27-48(44)52)35-22-25-42-41-17-6-9-20-49(41)53-50(42)28-24-35/h1-21,23-28,30-32H,22,29H2. The van der Waals surface area contributed by atoms with Crippen LogP contribution in [0.3, 0.4) is 0 Å². The van der Waals surface area contributed by atoms with Crippen molar-refractivity contribution >= 4 is 72.3 Å². The van der Waals surface area contributed by atoms with Gasteiger partial charge in [0.25, 0.3) is 0 Å². The Balaban J connectivity index is 0.973. The molecule has 0 atom stereocenters. The zero-order valence-electron chi connectivity index (χ0n) is 29.0. The SMILES string of the molecule is C1=C(c2ccc3c(c2)c2ccccc2n3-c2cccc(Cc3ccc4c(c3)c3ccccc3n4-c3ccccc3)c2)CC=c2c(oc3ccccc23)=C1. The summed E-state index contributed by atoms with van der Waals surface area (Å²) < 4.78 is 11.0. The zero-order valence-corrected chi connectivity index (χ0v) is 29.0. The van der Waals surface area contributed by atoms with Crippen LogP contribution in [0.5, 0.6) is 0 Å². The van der Waals surface area contributed by atoms with Crippen molar-refractivity contribution in [3.05, 3.63) is 197 Å². The fourth-order valence-corrected chi connectivity index (χ4v) is 8.57. The van der Waals surface area contributed by atoms with E-state index in [1.807, 2.05) is 12.1 Å². The largest absolute Gasteiger partial charge is 0.456 e. The molecule has 3 aromatic heterocycles. The maximum absolute atomic E-state index is 6.20. The number of hydrogen-bond acceptors (Lipinski definition) is 1. The van der Waals surface area contributed by atoms with E-state index in [1.165, 1.54) is 87.9 Å². The average Bonchev–Trinajstić information content (AvgIpc) is 3.79. The molecule has 0 radical (unpaired) electrons. The molecule has 11 rings (SSSR count). The molecular weight excluding hydrogens is 645 g/mol. The lowest BCUT2D eigenvalue weighted by atomic mass is 10.00. The first-order valence-electron chi connectivity index (χ1n) is 18.4. The third-order valence-corrected chi connectivity index (χ3v) is 11.0. The first-order chi connectivity index (χ1) is 26.3. The van der Waals surface area contributed by atoms with E-state index in [0.29, 0.717) is 0 Å². The molecule has 3 heteroatoms. The van der Waals surface area contributed by atoms with E-state index in [0.717, 1.165) is 23.8 Å². The van der Waals surface area contributed by atoms with Crippen molar-refractivity contribution in [1.29, 1.82) is 0 Å².